The lowest BCUT2D eigenvalue weighted by Gasteiger charge is -2.09. The van der Waals surface area contributed by atoms with Crippen molar-refractivity contribution in [2.24, 2.45) is 0 Å². The number of carbonyl (C=O) groups excluding carboxylic acids is 1. The number of carbonyl (C=O) groups is 1. The van der Waals surface area contributed by atoms with Crippen LogP contribution in [0.5, 0.6) is 5.75 Å². The molecule has 0 aliphatic carbocycles. The normalized spacial score (nSPS) is 11.4. The molecule has 0 fully saturated rings. The Morgan fingerprint density at radius 1 is 1.12 bits per heavy atom. The van der Waals surface area contributed by atoms with Crippen molar-refractivity contribution in [2.75, 3.05) is 5.32 Å². The molecule has 0 atom stereocenters. The predicted octanol–water partition coefficient (Wildman–Crippen LogP) is 4.80. The molecule has 4 aromatic heterocycles. The molecule has 1 N–H and O–H groups in total. The van der Waals surface area contributed by atoms with Crippen LogP contribution in [0.15, 0.2) is 67.3 Å². The highest BCUT2D eigenvalue weighted by molar-refractivity contribution is 6.05. The van der Waals surface area contributed by atoms with Gasteiger partial charge in [0.15, 0.2) is 5.65 Å². The number of imidazole rings is 1. The van der Waals surface area contributed by atoms with E-state index < -0.39 is 0 Å². The van der Waals surface area contributed by atoms with E-state index in [1.54, 1.807) is 30.6 Å². The minimum atomic E-state index is -0.235. The first-order valence-corrected chi connectivity index (χ1v) is 10.8. The van der Waals surface area contributed by atoms with Crippen LogP contribution in [-0.4, -0.2) is 30.1 Å². The first kappa shape index (κ1) is 20.7. The zero-order chi connectivity index (χ0) is 22.9. The zero-order valence-electron chi connectivity index (χ0n) is 18.7. The third-order valence-corrected chi connectivity index (χ3v) is 5.39. The van der Waals surface area contributed by atoms with E-state index in [1.165, 1.54) is 0 Å². The van der Waals surface area contributed by atoms with Crippen molar-refractivity contribution in [3.05, 3.63) is 84.1 Å². The van der Waals surface area contributed by atoms with Crippen LogP contribution in [0.3, 0.4) is 0 Å². The van der Waals surface area contributed by atoms with Gasteiger partial charge in [0.2, 0.25) is 0 Å². The van der Waals surface area contributed by atoms with Crippen molar-refractivity contribution in [2.45, 2.75) is 33.4 Å². The second kappa shape index (κ2) is 8.38. The average molecular weight is 441 g/mol. The number of anilines is 1. The van der Waals surface area contributed by atoms with Crippen molar-refractivity contribution in [1.82, 2.24) is 24.1 Å². The standard InChI is InChI=1S/C25H24N6O2/c1-16(2)31-24-19(12-27-31)10-20(13-26-24)29-25(32)18-7-4-8-22(11-18)33-15-21-14-30-9-5-6-17(3)23(30)28-21/h4-14,16H,15H2,1-3H3,(H,29,32). The van der Waals surface area contributed by atoms with Gasteiger partial charge in [-0.05, 0) is 56.7 Å². The number of hydrogen-bond donors (Lipinski definition) is 1. The molecule has 0 unspecified atom stereocenters. The summed E-state index contributed by atoms with van der Waals surface area (Å²) in [5, 5.41) is 8.15. The van der Waals surface area contributed by atoms with E-state index in [0.29, 0.717) is 23.6 Å². The summed E-state index contributed by atoms with van der Waals surface area (Å²) in [6.45, 7) is 6.44. The van der Waals surface area contributed by atoms with Crippen LogP contribution < -0.4 is 10.1 Å². The average Bonchev–Trinajstić information content (AvgIpc) is 3.42. The fourth-order valence-electron chi connectivity index (χ4n) is 3.75. The molecule has 166 valence electrons. The minimum absolute atomic E-state index is 0.211. The van der Waals surface area contributed by atoms with Crippen LogP contribution in [0, 0.1) is 6.92 Å². The molecule has 8 nitrogen and oxygen atoms in total. The highest BCUT2D eigenvalue weighted by Gasteiger charge is 2.12. The van der Waals surface area contributed by atoms with Crippen LogP contribution in [-0.2, 0) is 6.61 Å². The van der Waals surface area contributed by atoms with Crippen LogP contribution in [0.1, 0.15) is 41.5 Å². The van der Waals surface area contributed by atoms with E-state index in [9.17, 15) is 4.79 Å². The molecule has 4 heterocycles. The molecule has 0 bridgehead atoms. The molecule has 0 saturated heterocycles. The summed E-state index contributed by atoms with van der Waals surface area (Å²) in [6.07, 6.45) is 7.31. The van der Waals surface area contributed by atoms with E-state index in [0.717, 1.165) is 27.9 Å². The first-order chi connectivity index (χ1) is 16.0. The Balaban J connectivity index is 1.28. The molecule has 8 heteroatoms. The summed E-state index contributed by atoms with van der Waals surface area (Å²) in [7, 11) is 0. The fraction of sp³-hybridized carbons (Fsp3) is 0.200. The Morgan fingerprint density at radius 3 is 2.82 bits per heavy atom. The fourth-order valence-corrected chi connectivity index (χ4v) is 3.75. The van der Waals surface area contributed by atoms with E-state index >= 15 is 0 Å². The van der Waals surface area contributed by atoms with Gasteiger partial charge in [0, 0.05) is 29.4 Å². The lowest BCUT2D eigenvalue weighted by Crippen LogP contribution is -2.12. The quantitative estimate of drug-likeness (QED) is 0.410. The predicted molar refractivity (Wildman–Crippen MR) is 127 cm³/mol. The van der Waals surface area contributed by atoms with Crippen LogP contribution in [0.2, 0.25) is 0 Å². The van der Waals surface area contributed by atoms with Crippen molar-refractivity contribution < 1.29 is 9.53 Å². The number of nitrogens with one attached hydrogen (secondary N) is 1. The second-order valence-corrected chi connectivity index (χ2v) is 8.24. The molecule has 0 saturated carbocycles. The molecule has 5 rings (SSSR count). The number of benzene rings is 1. The number of aromatic nitrogens is 5. The molecule has 1 aromatic carbocycles. The maximum Gasteiger partial charge on any atom is 0.255 e. The van der Waals surface area contributed by atoms with Crippen molar-refractivity contribution in [3.63, 3.8) is 0 Å². The van der Waals surface area contributed by atoms with Crippen LogP contribution in [0.4, 0.5) is 5.69 Å². The number of ether oxygens (including phenoxy) is 1. The Morgan fingerprint density at radius 2 is 2.00 bits per heavy atom. The highest BCUT2D eigenvalue weighted by Crippen LogP contribution is 2.21. The molecular formula is C25H24N6O2. The molecule has 0 spiro atoms. The lowest BCUT2D eigenvalue weighted by atomic mass is 10.2. The van der Waals surface area contributed by atoms with Crippen LogP contribution in [0.25, 0.3) is 16.7 Å². The molecule has 0 aliphatic heterocycles. The molecule has 0 aliphatic rings. The van der Waals surface area contributed by atoms with Crippen molar-refractivity contribution >= 4 is 28.3 Å². The van der Waals surface area contributed by atoms with Gasteiger partial charge in [0.05, 0.1) is 23.8 Å². The number of fused-ring (bicyclic) bond motifs is 2. The van der Waals surface area contributed by atoms with Crippen LogP contribution >= 0.6 is 0 Å². The molecule has 0 radical (unpaired) electrons. The van der Waals surface area contributed by atoms with Gasteiger partial charge >= 0.3 is 0 Å². The summed E-state index contributed by atoms with van der Waals surface area (Å²) in [6, 6.07) is 13.2. The summed E-state index contributed by atoms with van der Waals surface area (Å²) in [5.74, 6) is 0.365. The van der Waals surface area contributed by atoms with Gasteiger partial charge in [-0.1, -0.05) is 12.1 Å². The Bertz CT molecular complexity index is 1470. The van der Waals surface area contributed by atoms with Crippen molar-refractivity contribution in [1.29, 1.82) is 0 Å². The largest absolute Gasteiger partial charge is 0.487 e. The molecule has 33 heavy (non-hydrogen) atoms. The van der Waals surface area contributed by atoms with Crippen molar-refractivity contribution in [3.8, 4) is 5.75 Å². The zero-order valence-corrected chi connectivity index (χ0v) is 18.7. The molecule has 1 amide bonds. The summed E-state index contributed by atoms with van der Waals surface area (Å²) in [5.41, 5.74) is 4.74. The number of hydrogen-bond acceptors (Lipinski definition) is 5. The summed E-state index contributed by atoms with van der Waals surface area (Å²) in [4.78, 5) is 21.9. The van der Waals surface area contributed by atoms with Gasteiger partial charge in [-0.3, -0.25) is 4.79 Å². The Hall–Kier alpha value is -4.20. The number of nitrogens with zero attached hydrogens (tertiary/aromatic N) is 5. The van der Waals surface area contributed by atoms with E-state index in [-0.39, 0.29) is 11.9 Å². The maximum atomic E-state index is 12.8. The maximum absolute atomic E-state index is 12.8. The smallest absolute Gasteiger partial charge is 0.255 e. The molecular weight excluding hydrogens is 416 g/mol. The third-order valence-electron chi connectivity index (χ3n) is 5.39. The SMILES string of the molecule is Cc1cccn2cc(COc3cccc(C(=O)Nc4cnc5c(cnn5C(C)C)c4)c3)nc12. The number of amides is 1. The van der Waals surface area contributed by atoms with Gasteiger partial charge in [-0.15, -0.1) is 0 Å². The van der Waals surface area contributed by atoms with Gasteiger partial charge < -0.3 is 14.5 Å². The second-order valence-electron chi connectivity index (χ2n) is 8.24. The van der Waals surface area contributed by atoms with E-state index in [2.05, 4.69) is 34.2 Å². The monoisotopic (exact) mass is 440 g/mol. The summed E-state index contributed by atoms with van der Waals surface area (Å²) < 4.78 is 9.74. The number of pyridine rings is 2. The molecule has 5 aromatic rings. The van der Waals surface area contributed by atoms with E-state index in [4.69, 9.17) is 4.74 Å². The summed E-state index contributed by atoms with van der Waals surface area (Å²) >= 11 is 0. The Labute approximate surface area is 190 Å². The third kappa shape index (κ3) is 4.15. The number of aryl methyl sites for hydroxylation is 1. The Kier molecular flexibility index (Phi) is 5.26. The first-order valence-electron chi connectivity index (χ1n) is 10.8. The lowest BCUT2D eigenvalue weighted by molar-refractivity contribution is 0.102. The van der Waals surface area contributed by atoms with Gasteiger partial charge in [-0.2, -0.15) is 5.10 Å². The minimum Gasteiger partial charge on any atom is -0.487 e. The van der Waals surface area contributed by atoms with Gasteiger partial charge in [0.1, 0.15) is 18.0 Å². The number of rotatable bonds is 6. The topological polar surface area (TPSA) is 86.3 Å². The van der Waals surface area contributed by atoms with Gasteiger partial charge in [0.25, 0.3) is 5.91 Å². The van der Waals surface area contributed by atoms with E-state index in [1.807, 2.05) is 52.7 Å². The van der Waals surface area contributed by atoms with Gasteiger partial charge in [-0.25, -0.2) is 14.6 Å². The highest BCUT2D eigenvalue weighted by atomic mass is 16.5.